The molecule has 0 radical (unpaired) electrons. The van der Waals surface area contributed by atoms with E-state index in [1.54, 1.807) is 12.3 Å². The first kappa shape index (κ1) is 22.9. The van der Waals surface area contributed by atoms with Crippen molar-refractivity contribution in [1.82, 2.24) is 4.90 Å². The number of carbonyl (C=O) groups is 1. The van der Waals surface area contributed by atoms with Crippen molar-refractivity contribution < 1.29 is 9.53 Å². The van der Waals surface area contributed by atoms with Gasteiger partial charge in [0.2, 0.25) is 0 Å². The lowest BCUT2D eigenvalue weighted by molar-refractivity contribution is -0.141. The third-order valence-electron chi connectivity index (χ3n) is 6.73. The number of benzene rings is 1. The normalized spacial score (nSPS) is 24.5. The van der Waals surface area contributed by atoms with Crippen LogP contribution in [-0.2, 0) is 9.53 Å². The zero-order chi connectivity index (χ0) is 23.2. The van der Waals surface area contributed by atoms with Gasteiger partial charge < -0.3 is 20.7 Å². The van der Waals surface area contributed by atoms with Crippen LogP contribution in [0.4, 0.5) is 5.69 Å². The van der Waals surface area contributed by atoms with Crippen molar-refractivity contribution in [2.24, 2.45) is 5.73 Å². The van der Waals surface area contributed by atoms with E-state index in [2.05, 4.69) is 36.2 Å². The van der Waals surface area contributed by atoms with Crippen LogP contribution in [0.1, 0.15) is 43.6 Å². The molecule has 0 spiro atoms. The van der Waals surface area contributed by atoms with Crippen LogP contribution in [0.5, 0.6) is 0 Å². The molecule has 2 fully saturated rings. The smallest absolute Gasteiger partial charge is 0.251 e. The van der Waals surface area contributed by atoms with Crippen molar-refractivity contribution in [3.63, 3.8) is 0 Å². The molecule has 2 aliphatic heterocycles. The monoisotopic (exact) mass is 444 g/mol. The maximum absolute atomic E-state index is 12.7. The predicted octanol–water partition coefficient (Wildman–Crippen LogP) is 2.43. The van der Waals surface area contributed by atoms with E-state index in [-0.39, 0.29) is 24.0 Å². The van der Waals surface area contributed by atoms with Gasteiger partial charge in [-0.2, -0.15) is 5.26 Å². The summed E-state index contributed by atoms with van der Waals surface area (Å²) >= 11 is 0. The van der Waals surface area contributed by atoms with Crippen LogP contribution in [0.2, 0.25) is 0 Å². The SMILES string of the molecule is C=C/C=c1/cc(C2C=CC(C#N)=CC2)cc(NC2CCN(C(=O)C3CCCO3)CC2)/c1=C/N. The molecule has 1 aliphatic carbocycles. The van der Waals surface area contributed by atoms with Gasteiger partial charge >= 0.3 is 0 Å². The lowest BCUT2D eigenvalue weighted by Gasteiger charge is -2.34. The fraction of sp³-hybridized carbons (Fsp3) is 0.407. The molecular formula is C27H32N4O2. The van der Waals surface area contributed by atoms with Crippen molar-refractivity contribution in [2.45, 2.75) is 50.2 Å². The van der Waals surface area contributed by atoms with Crippen LogP contribution < -0.4 is 21.5 Å². The van der Waals surface area contributed by atoms with Crippen molar-refractivity contribution in [1.29, 1.82) is 5.26 Å². The number of nitriles is 1. The Hall–Kier alpha value is -3.30. The molecule has 172 valence electrons. The molecule has 33 heavy (non-hydrogen) atoms. The van der Waals surface area contributed by atoms with Crippen molar-refractivity contribution >= 4 is 23.9 Å². The predicted molar refractivity (Wildman–Crippen MR) is 131 cm³/mol. The largest absolute Gasteiger partial charge is 0.404 e. The number of carbonyl (C=O) groups excluding carboxylic acids is 1. The minimum atomic E-state index is -0.249. The molecule has 2 heterocycles. The number of hydrogen-bond acceptors (Lipinski definition) is 5. The summed E-state index contributed by atoms with van der Waals surface area (Å²) in [6.07, 6.45) is 15.5. The van der Waals surface area contributed by atoms with Crippen LogP contribution in [-0.4, -0.2) is 42.6 Å². The van der Waals surface area contributed by atoms with E-state index in [0.717, 1.165) is 61.3 Å². The molecule has 2 atom stereocenters. The fourth-order valence-corrected chi connectivity index (χ4v) is 4.87. The molecule has 6 nitrogen and oxygen atoms in total. The number of amides is 1. The highest BCUT2D eigenvalue weighted by atomic mass is 16.5. The van der Waals surface area contributed by atoms with Gasteiger partial charge in [0.25, 0.3) is 5.91 Å². The third kappa shape index (κ3) is 5.20. The second-order valence-electron chi connectivity index (χ2n) is 8.86. The molecule has 1 amide bonds. The Morgan fingerprint density at radius 1 is 1.30 bits per heavy atom. The number of nitrogens with two attached hydrogens (primary N) is 1. The average molecular weight is 445 g/mol. The van der Waals surface area contributed by atoms with E-state index in [1.807, 2.05) is 23.1 Å². The van der Waals surface area contributed by atoms with Gasteiger partial charge in [0.05, 0.1) is 6.07 Å². The summed E-state index contributed by atoms with van der Waals surface area (Å²) in [5, 5.41) is 14.8. The molecule has 1 aromatic rings. The topological polar surface area (TPSA) is 91.4 Å². The van der Waals surface area contributed by atoms with E-state index in [1.165, 1.54) is 5.56 Å². The molecule has 4 rings (SSSR count). The Morgan fingerprint density at radius 3 is 2.73 bits per heavy atom. The number of hydrogen-bond donors (Lipinski definition) is 2. The summed E-state index contributed by atoms with van der Waals surface area (Å²) in [4.78, 5) is 14.6. The van der Waals surface area contributed by atoms with Gasteiger partial charge in [0.15, 0.2) is 0 Å². The van der Waals surface area contributed by atoms with Crippen LogP contribution in [0.15, 0.2) is 48.6 Å². The maximum atomic E-state index is 12.7. The number of likely N-dealkylation sites (tertiary alicyclic amines) is 1. The second-order valence-corrected chi connectivity index (χ2v) is 8.86. The van der Waals surface area contributed by atoms with E-state index >= 15 is 0 Å². The number of rotatable bonds is 5. The first-order valence-electron chi connectivity index (χ1n) is 11.8. The molecule has 1 aromatic carbocycles. The van der Waals surface area contributed by atoms with E-state index in [9.17, 15) is 4.79 Å². The summed E-state index contributed by atoms with van der Waals surface area (Å²) in [5.74, 6) is 0.345. The molecule has 0 aromatic heterocycles. The Bertz CT molecular complexity index is 1110. The summed E-state index contributed by atoms with van der Waals surface area (Å²) in [6.45, 7) is 6.02. The highest BCUT2D eigenvalue weighted by Gasteiger charge is 2.31. The van der Waals surface area contributed by atoms with Crippen molar-refractivity contribution in [3.8, 4) is 6.07 Å². The van der Waals surface area contributed by atoms with Crippen LogP contribution in [0.3, 0.4) is 0 Å². The molecule has 0 bridgehead atoms. The Morgan fingerprint density at radius 2 is 2.12 bits per heavy atom. The highest BCUT2D eigenvalue weighted by molar-refractivity contribution is 5.81. The van der Waals surface area contributed by atoms with E-state index < -0.39 is 0 Å². The van der Waals surface area contributed by atoms with Gasteiger partial charge in [0.1, 0.15) is 6.10 Å². The standard InChI is InChI=1S/C27H32N4O2/c1-2-4-21-15-22(20-8-6-19(17-28)7-9-20)16-25(24(21)18-29)30-23-10-12-31(13-11-23)27(32)26-5-3-14-33-26/h2,4,6-8,15-16,18,20,23,26,30H,1,3,5,9-14,29H2/b21-4-,24-18+. The van der Waals surface area contributed by atoms with Crippen molar-refractivity contribution in [3.05, 3.63) is 64.6 Å². The van der Waals surface area contributed by atoms with Crippen LogP contribution in [0, 0.1) is 11.3 Å². The van der Waals surface area contributed by atoms with Gasteiger partial charge in [-0.1, -0.05) is 36.9 Å². The lowest BCUT2D eigenvalue weighted by atomic mass is 9.89. The minimum Gasteiger partial charge on any atom is -0.404 e. The Balaban J connectivity index is 1.52. The van der Waals surface area contributed by atoms with Gasteiger partial charge in [-0.05, 0) is 55.0 Å². The quantitative estimate of drug-likeness (QED) is 0.728. The van der Waals surface area contributed by atoms with Crippen LogP contribution >= 0.6 is 0 Å². The van der Waals surface area contributed by atoms with Gasteiger partial charge in [0, 0.05) is 54.3 Å². The molecule has 3 aliphatic rings. The number of nitrogens with one attached hydrogen (secondary N) is 1. The van der Waals surface area contributed by atoms with E-state index in [0.29, 0.717) is 12.2 Å². The molecule has 2 unspecified atom stereocenters. The number of anilines is 1. The summed E-state index contributed by atoms with van der Waals surface area (Å²) in [6, 6.07) is 6.78. The Labute approximate surface area is 195 Å². The molecule has 3 N–H and O–H groups in total. The summed E-state index contributed by atoms with van der Waals surface area (Å²) in [7, 11) is 0. The van der Waals surface area contributed by atoms with Crippen LogP contribution in [0.25, 0.3) is 12.3 Å². The summed E-state index contributed by atoms with van der Waals surface area (Å²) in [5.41, 5.74) is 8.91. The molecular weight excluding hydrogens is 412 g/mol. The minimum absolute atomic E-state index is 0.140. The van der Waals surface area contributed by atoms with Crippen molar-refractivity contribution in [2.75, 3.05) is 25.0 Å². The van der Waals surface area contributed by atoms with E-state index in [4.69, 9.17) is 15.7 Å². The molecule has 0 saturated carbocycles. The number of allylic oxidation sites excluding steroid dienone is 5. The summed E-state index contributed by atoms with van der Waals surface area (Å²) < 4.78 is 5.58. The average Bonchev–Trinajstić information content (AvgIpc) is 3.39. The zero-order valence-electron chi connectivity index (χ0n) is 19.0. The lowest BCUT2D eigenvalue weighted by Crippen LogP contribution is -2.46. The van der Waals surface area contributed by atoms with Gasteiger partial charge in [-0.15, -0.1) is 0 Å². The zero-order valence-corrected chi connectivity index (χ0v) is 19.0. The Kier molecular flexibility index (Phi) is 7.31. The first-order valence-corrected chi connectivity index (χ1v) is 11.8. The maximum Gasteiger partial charge on any atom is 0.251 e. The van der Waals surface area contributed by atoms with Gasteiger partial charge in [-0.3, -0.25) is 4.79 Å². The number of ether oxygens (including phenoxy) is 1. The molecule has 6 heteroatoms. The molecule has 2 saturated heterocycles. The third-order valence-corrected chi connectivity index (χ3v) is 6.73. The first-order chi connectivity index (χ1) is 16.1. The second kappa shape index (κ2) is 10.5. The van der Waals surface area contributed by atoms with Gasteiger partial charge in [-0.25, -0.2) is 0 Å². The fourth-order valence-electron chi connectivity index (χ4n) is 4.87. The highest BCUT2D eigenvalue weighted by Crippen LogP contribution is 2.27. The number of piperidine rings is 1. The number of nitrogens with zero attached hydrogens (tertiary/aromatic N) is 2.